The van der Waals surface area contributed by atoms with Crippen molar-refractivity contribution in [2.75, 3.05) is 30.3 Å². The molecule has 2 fully saturated rings. The summed E-state index contributed by atoms with van der Waals surface area (Å²) in [5.74, 6) is 1.70. The lowest BCUT2D eigenvalue weighted by atomic mass is 10.0. The lowest BCUT2D eigenvalue weighted by Crippen LogP contribution is -2.52. The van der Waals surface area contributed by atoms with Crippen LogP contribution in [0.4, 0.5) is 5.82 Å². The van der Waals surface area contributed by atoms with Crippen LogP contribution in [0.3, 0.4) is 0 Å². The van der Waals surface area contributed by atoms with E-state index in [1.165, 1.54) is 0 Å². The molecule has 2 saturated heterocycles. The highest BCUT2D eigenvalue weighted by Gasteiger charge is 2.49. The van der Waals surface area contributed by atoms with E-state index < -0.39 is 10.0 Å². The summed E-state index contributed by atoms with van der Waals surface area (Å²) in [6, 6.07) is 16.6. The average molecular weight is 427 g/mol. The smallest absolute Gasteiger partial charge is 0.244 e. The molecule has 0 atom stereocenters. The van der Waals surface area contributed by atoms with Crippen molar-refractivity contribution in [2.24, 2.45) is 0 Å². The molecule has 1 spiro atoms. The zero-order valence-electron chi connectivity index (χ0n) is 15.9. The highest BCUT2D eigenvalue weighted by molar-refractivity contribution is 8.02. The lowest BCUT2D eigenvalue weighted by molar-refractivity contribution is 0.266. The summed E-state index contributed by atoms with van der Waals surface area (Å²) in [5.41, 5.74) is 1.77. The number of piperidine rings is 1. The number of rotatable bonds is 3. The molecule has 0 amide bonds. The summed E-state index contributed by atoms with van der Waals surface area (Å²) in [6.07, 6.45) is 3.37. The Balaban J connectivity index is 1.38. The SMILES string of the molecule is O=S(=O)(c1ccccc1)N1CCSC12CCN(c1cnc3ccccc3n1)CC2. The lowest BCUT2D eigenvalue weighted by Gasteiger charge is -2.43. The number of para-hydroxylation sites is 2. The minimum Gasteiger partial charge on any atom is -0.355 e. The van der Waals surface area contributed by atoms with Crippen LogP contribution in [0.2, 0.25) is 0 Å². The summed E-state index contributed by atoms with van der Waals surface area (Å²) in [4.78, 5) is 11.5. The summed E-state index contributed by atoms with van der Waals surface area (Å²) >= 11 is 1.78. The number of sulfonamides is 1. The standard InChI is InChI=1S/C21H22N4O2S2/c26-29(27,17-6-2-1-3-7-17)25-14-15-28-21(25)10-12-24(13-11-21)20-16-22-18-8-4-5-9-19(18)23-20/h1-9,16H,10-15H2. The molecule has 6 nitrogen and oxygen atoms in total. The molecule has 1 aromatic heterocycles. The number of hydrogen-bond donors (Lipinski definition) is 0. The van der Waals surface area contributed by atoms with Gasteiger partial charge in [0, 0.05) is 25.4 Å². The van der Waals surface area contributed by atoms with E-state index in [-0.39, 0.29) is 4.87 Å². The van der Waals surface area contributed by atoms with Crippen LogP contribution in [0.25, 0.3) is 11.0 Å². The summed E-state index contributed by atoms with van der Waals surface area (Å²) in [5, 5.41) is 0. The van der Waals surface area contributed by atoms with Crippen LogP contribution in [-0.2, 0) is 10.0 Å². The minimum atomic E-state index is -3.49. The molecule has 2 aromatic carbocycles. The highest BCUT2D eigenvalue weighted by Crippen LogP contribution is 2.46. The number of hydrogen-bond acceptors (Lipinski definition) is 6. The molecule has 3 aromatic rings. The van der Waals surface area contributed by atoms with Crippen LogP contribution in [0, 0.1) is 0 Å². The first-order valence-electron chi connectivity index (χ1n) is 9.77. The van der Waals surface area contributed by atoms with Gasteiger partial charge in [-0.2, -0.15) is 4.31 Å². The van der Waals surface area contributed by atoms with E-state index in [4.69, 9.17) is 4.98 Å². The summed E-state index contributed by atoms with van der Waals surface area (Å²) < 4.78 is 28.3. The minimum absolute atomic E-state index is 0.366. The largest absolute Gasteiger partial charge is 0.355 e. The zero-order chi connectivity index (χ0) is 19.9. The topological polar surface area (TPSA) is 66.4 Å². The fourth-order valence-corrected chi connectivity index (χ4v) is 7.87. The molecular weight excluding hydrogens is 404 g/mol. The summed E-state index contributed by atoms with van der Waals surface area (Å²) in [7, 11) is -3.49. The van der Waals surface area contributed by atoms with Crippen molar-refractivity contribution in [1.82, 2.24) is 14.3 Å². The molecule has 8 heteroatoms. The van der Waals surface area contributed by atoms with Gasteiger partial charge in [-0.1, -0.05) is 30.3 Å². The Morgan fingerprint density at radius 1 is 0.897 bits per heavy atom. The molecule has 0 aliphatic carbocycles. The third-order valence-electron chi connectivity index (χ3n) is 5.76. The Morgan fingerprint density at radius 2 is 1.59 bits per heavy atom. The van der Waals surface area contributed by atoms with Gasteiger partial charge in [0.25, 0.3) is 0 Å². The molecule has 0 bridgehead atoms. The van der Waals surface area contributed by atoms with Crippen LogP contribution in [0.1, 0.15) is 12.8 Å². The van der Waals surface area contributed by atoms with Crippen LogP contribution in [-0.4, -0.2) is 52.9 Å². The molecule has 2 aliphatic rings. The Hall–Kier alpha value is -2.16. The second-order valence-corrected chi connectivity index (χ2v) is 10.7. The van der Waals surface area contributed by atoms with E-state index >= 15 is 0 Å². The first-order chi connectivity index (χ1) is 14.1. The van der Waals surface area contributed by atoms with Crippen LogP contribution in [0.5, 0.6) is 0 Å². The van der Waals surface area contributed by atoms with Gasteiger partial charge in [-0.25, -0.2) is 13.4 Å². The summed E-state index contributed by atoms with van der Waals surface area (Å²) in [6.45, 7) is 2.10. The maximum atomic E-state index is 13.3. The second-order valence-electron chi connectivity index (χ2n) is 7.39. The van der Waals surface area contributed by atoms with Crippen LogP contribution < -0.4 is 4.90 Å². The van der Waals surface area contributed by atoms with E-state index in [9.17, 15) is 8.42 Å². The maximum absolute atomic E-state index is 13.3. The van der Waals surface area contributed by atoms with Crippen molar-refractivity contribution in [3.8, 4) is 0 Å². The Bertz CT molecular complexity index is 1130. The number of anilines is 1. The fourth-order valence-electron chi connectivity index (χ4n) is 4.23. The number of aromatic nitrogens is 2. The van der Waals surface area contributed by atoms with E-state index in [0.29, 0.717) is 11.4 Å². The number of fused-ring (bicyclic) bond motifs is 1. The molecule has 0 saturated carbocycles. The second kappa shape index (κ2) is 7.27. The molecule has 2 aliphatic heterocycles. The van der Waals surface area contributed by atoms with E-state index in [1.54, 1.807) is 40.3 Å². The Kier molecular flexibility index (Phi) is 4.72. The zero-order valence-corrected chi connectivity index (χ0v) is 17.6. The van der Waals surface area contributed by atoms with E-state index in [2.05, 4.69) is 9.88 Å². The normalized spacial score (nSPS) is 19.8. The quantitative estimate of drug-likeness (QED) is 0.640. The van der Waals surface area contributed by atoms with Gasteiger partial charge in [-0.15, -0.1) is 11.8 Å². The van der Waals surface area contributed by atoms with Gasteiger partial charge >= 0.3 is 0 Å². The van der Waals surface area contributed by atoms with Crippen LogP contribution in [0.15, 0.2) is 65.7 Å². The molecule has 0 radical (unpaired) electrons. The van der Waals surface area contributed by atoms with Gasteiger partial charge in [0.2, 0.25) is 10.0 Å². The van der Waals surface area contributed by atoms with Crippen LogP contribution >= 0.6 is 11.8 Å². The third-order valence-corrected chi connectivity index (χ3v) is 9.40. The highest BCUT2D eigenvalue weighted by atomic mass is 32.2. The van der Waals surface area contributed by atoms with Crippen molar-refractivity contribution >= 4 is 38.6 Å². The maximum Gasteiger partial charge on any atom is 0.244 e. The Labute approximate surface area is 175 Å². The van der Waals surface area contributed by atoms with Crippen molar-refractivity contribution in [3.63, 3.8) is 0 Å². The predicted molar refractivity (Wildman–Crippen MR) is 117 cm³/mol. The third kappa shape index (κ3) is 3.29. The molecule has 29 heavy (non-hydrogen) atoms. The fraction of sp³-hybridized carbons (Fsp3) is 0.333. The molecule has 5 rings (SSSR count). The first-order valence-corrected chi connectivity index (χ1v) is 12.2. The number of nitrogens with zero attached hydrogens (tertiary/aromatic N) is 4. The van der Waals surface area contributed by atoms with E-state index in [0.717, 1.165) is 48.5 Å². The molecule has 0 unspecified atom stereocenters. The van der Waals surface area contributed by atoms with Gasteiger partial charge in [0.05, 0.1) is 27.0 Å². The number of benzene rings is 2. The number of thioether (sulfide) groups is 1. The molecule has 0 N–H and O–H groups in total. The molecular formula is C21H22N4O2S2. The van der Waals surface area contributed by atoms with Gasteiger partial charge in [-0.3, -0.25) is 4.98 Å². The van der Waals surface area contributed by atoms with E-state index in [1.807, 2.05) is 36.5 Å². The van der Waals surface area contributed by atoms with Gasteiger partial charge in [0.15, 0.2) is 0 Å². The van der Waals surface area contributed by atoms with Gasteiger partial charge in [-0.05, 0) is 37.1 Å². The predicted octanol–water partition coefficient (Wildman–Crippen LogP) is 3.36. The van der Waals surface area contributed by atoms with Gasteiger partial charge in [0.1, 0.15) is 5.82 Å². The average Bonchev–Trinajstić information content (AvgIpc) is 3.18. The van der Waals surface area contributed by atoms with Gasteiger partial charge < -0.3 is 4.90 Å². The van der Waals surface area contributed by atoms with Crippen molar-refractivity contribution < 1.29 is 8.42 Å². The van der Waals surface area contributed by atoms with Crippen molar-refractivity contribution in [3.05, 3.63) is 60.8 Å². The van der Waals surface area contributed by atoms with Crippen molar-refractivity contribution in [2.45, 2.75) is 22.6 Å². The monoisotopic (exact) mass is 426 g/mol. The molecule has 150 valence electrons. The molecule has 3 heterocycles. The Morgan fingerprint density at radius 3 is 2.34 bits per heavy atom. The first kappa shape index (κ1) is 18.8. The van der Waals surface area contributed by atoms with Crippen molar-refractivity contribution in [1.29, 1.82) is 0 Å².